The summed E-state index contributed by atoms with van der Waals surface area (Å²) in [4.78, 5) is 0. The van der Waals surface area contributed by atoms with E-state index in [1.165, 1.54) is 0 Å². The molecule has 2 N–H and O–H groups in total. The molecule has 0 atom stereocenters. The third-order valence-corrected chi connectivity index (χ3v) is 2.14. The number of halogens is 1. The van der Waals surface area contributed by atoms with E-state index in [4.69, 9.17) is 10.6 Å². The van der Waals surface area contributed by atoms with Gasteiger partial charge in [-0.15, -0.1) is 0 Å². The van der Waals surface area contributed by atoms with E-state index in [-0.39, 0.29) is 0 Å². The molecule has 0 saturated heterocycles. The van der Waals surface area contributed by atoms with Gasteiger partial charge in [-0.05, 0) is 24.6 Å². The smallest absolute Gasteiger partial charge is 0.128 e. The van der Waals surface area contributed by atoms with Crippen molar-refractivity contribution in [1.29, 1.82) is 0 Å². The first-order valence-electron chi connectivity index (χ1n) is 4.43. The Morgan fingerprint density at radius 3 is 3.00 bits per heavy atom. The van der Waals surface area contributed by atoms with Gasteiger partial charge in [-0.25, -0.2) is 0 Å². The summed E-state index contributed by atoms with van der Waals surface area (Å²) in [5.74, 6) is 5.92. The largest absolute Gasteiger partial charge is 0.493 e. The minimum absolute atomic E-state index is 0.701. The second kappa shape index (κ2) is 5.65. The monoisotopic (exact) mass is 256 g/mol. The first-order chi connectivity index (χ1) is 6.77. The van der Waals surface area contributed by atoms with E-state index in [1.54, 1.807) is 6.21 Å². The Morgan fingerprint density at radius 1 is 1.57 bits per heavy atom. The van der Waals surface area contributed by atoms with Crippen LogP contribution in [-0.2, 0) is 0 Å². The van der Waals surface area contributed by atoms with Gasteiger partial charge >= 0.3 is 0 Å². The molecule has 0 aliphatic carbocycles. The van der Waals surface area contributed by atoms with E-state index in [0.29, 0.717) is 6.61 Å². The van der Waals surface area contributed by atoms with Gasteiger partial charge in [-0.2, -0.15) is 5.10 Å². The zero-order valence-corrected chi connectivity index (χ0v) is 9.62. The van der Waals surface area contributed by atoms with Gasteiger partial charge in [0.25, 0.3) is 0 Å². The average Bonchev–Trinajstić information content (AvgIpc) is 2.17. The Morgan fingerprint density at radius 2 is 2.36 bits per heavy atom. The van der Waals surface area contributed by atoms with Crippen molar-refractivity contribution < 1.29 is 4.74 Å². The van der Waals surface area contributed by atoms with Gasteiger partial charge in [0.05, 0.1) is 12.8 Å². The standard InChI is InChI=1S/C10H13BrN2O/c1-2-5-14-10-4-3-9(11)6-8(10)7-13-12/h3-4,6-7H,2,5,12H2,1H3. The highest BCUT2D eigenvalue weighted by molar-refractivity contribution is 9.10. The van der Waals surface area contributed by atoms with Crippen molar-refractivity contribution in [3.63, 3.8) is 0 Å². The molecule has 0 bridgehead atoms. The number of hydrazone groups is 1. The molecule has 0 aliphatic heterocycles. The minimum atomic E-state index is 0.701. The van der Waals surface area contributed by atoms with Gasteiger partial charge < -0.3 is 10.6 Å². The molecule has 0 fully saturated rings. The Hall–Kier alpha value is -1.03. The van der Waals surface area contributed by atoms with Crippen LogP contribution in [0.15, 0.2) is 27.8 Å². The van der Waals surface area contributed by atoms with Crippen LogP contribution in [0.5, 0.6) is 5.75 Å². The van der Waals surface area contributed by atoms with Crippen LogP contribution in [0.4, 0.5) is 0 Å². The van der Waals surface area contributed by atoms with Gasteiger partial charge in [0.2, 0.25) is 0 Å². The lowest BCUT2D eigenvalue weighted by Crippen LogP contribution is -1.99. The Balaban J connectivity index is 2.90. The summed E-state index contributed by atoms with van der Waals surface area (Å²) in [6, 6.07) is 5.75. The predicted octanol–water partition coefficient (Wildman–Crippen LogP) is 2.53. The molecule has 0 heterocycles. The fourth-order valence-corrected chi connectivity index (χ4v) is 1.42. The summed E-state index contributed by atoms with van der Waals surface area (Å²) in [5.41, 5.74) is 0.885. The highest BCUT2D eigenvalue weighted by Crippen LogP contribution is 2.21. The molecular formula is C10H13BrN2O. The molecule has 0 spiro atoms. The molecule has 0 amide bonds. The van der Waals surface area contributed by atoms with Crippen molar-refractivity contribution in [2.75, 3.05) is 6.61 Å². The summed E-state index contributed by atoms with van der Waals surface area (Å²) in [5, 5.41) is 3.49. The van der Waals surface area contributed by atoms with Crippen molar-refractivity contribution in [2.24, 2.45) is 10.9 Å². The molecule has 76 valence electrons. The molecule has 1 aromatic carbocycles. The van der Waals surface area contributed by atoms with Crippen molar-refractivity contribution in [2.45, 2.75) is 13.3 Å². The lowest BCUT2D eigenvalue weighted by molar-refractivity contribution is 0.317. The molecule has 0 aliphatic rings. The van der Waals surface area contributed by atoms with Gasteiger partial charge in [-0.3, -0.25) is 0 Å². The molecule has 0 saturated carbocycles. The molecule has 1 aromatic rings. The third-order valence-electron chi connectivity index (χ3n) is 1.65. The number of hydrogen-bond donors (Lipinski definition) is 1. The predicted molar refractivity (Wildman–Crippen MR) is 61.7 cm³/mol. The SMILES string of the molecule is CCCOc1ccc(Br)cc1C=NN. The summed E-state index contributed by atoms with van der Waals surface area (Å²) in [6.07, 6.45) is 2.56. The van der Waals surface area contributed by atoms with E-state index in [9.17, 15) is 0 Å². The van der Waals surface area contributed by atoms with Crippen LogP contribution in [0, 0.1) is 0 Å². The van der Waals surface area contributed by atoms with E-state index in [2.05, 4.69) is 28.0 Å². The second-order valence-corrected chi connectivity index (χ2v) is 3.72. The first kappa shape index (κ1) is 11.0. The number of nitrogens with zero attached hydrogens (tertiary/aromatic N) is 1. The number of nitrogens with two attached hydrogens (primary N) is 1. The van der Waals surface area contributed by atoms with Crippen LogP contribution in [0.25, 0.3) is 0 Å². The number of rotatable bonds is 4. The van der Waals surface area contributed by atoms with Crippen molar-refractivity contribution in [3.05, 3.63) is 28.2 Å². The van der Waals surface area contributed by atoms with E-state index < -0.39 is 0 Å². The Labute approximate surface area is 92.1 Å². The van der Waals surface area contributed by atoms with E-state index in [0.717, 1.165) is 22.2 Å². The lowest BCUT2D eigenvalue weighted by atomic mass is 10.2. The number of ether oxygens (including phenoxy) is 1. The van der Waals surface area contributed by atoms with Crippen molar-refractivity contribution >= 4 is 22.1 Å². The third kappa shape index (κ3) is 3.03. The highest BCUT2D eigenvalue weighted by Gasteiger charge is 2.01. The summed E-state index contributed by atoms with van der Waals surface area (Å²) >= 11 is 3.38. The van der Waals surface area contributed by atoms with Gasteiger partial charge in [0, 0.05) is 10.0 Å². The maximum Gasteiger partial charge on any atom is 0.128 e. The van der Waals surface area contributed by atoms with Gasteiger partial charge in [0.15, 0.2) is 0 Å². The number of benzene rings is 1. The van der Waals surface area contributed by atoms with Crippen LogP contribution >= 0.6 is 15.9 Å². The van der Waals surface area contributed by atoms with Crippen molar-refractivity contribution in [3.8, 4) is 5.75 Å². The maximum atomic E-state index is 5.53. The quantitative estimate of drug-likeness (QED) is 0.512. The Kier molecular flexibility index (Phi) is 4.46. The minimum Gasteiger partial charge on any atom is -0.493 e. The first-order valence-corrected chi connectivity index (χ1v) is 5.22. The molecule has 0 aromatic heterocycles. The number of hydrogen-bond acceptors (Lipinski definition) is 3. The zero-order valence-electron chi connectivity index (χ0n) is 8.03. The zero-order chi connectivity index (χ0) is 10.4. The van der Waals surface area contributed by atoms with Crippen molar-refractivity contribution in [1.82, 2.24) is 0 Å². The van der Waals surface area contributed by atoms with E-state index in [1.807, 2.05) is 18.2 Å². The second-order valence-electron chi connectivity index (χ2n) is 2.81. The summed E-state index contributed by atoms with van der Waals surface area (Å²) < 4.78 is 6.51. The highest BCUT2D eigenvalue weighted by atomic mass is 79.9. The molecule has 1 rings (SSSR count). The summed E-state index contributed by atoms with van der Waals surface area (Å²) in [7, 11) is 0. The van der Waals surface area contributed by atoms with Gasteiger partial charge in [-0.1, -0.05) is 22.9 Å². The molecule has 4 heteroatoms. The topological polar surface area (TPSA) is 47.6 Å². The molecule has 3 nitrogen and oxygen atoms in total. The lowest BCUT2D eigenvalue weighted by Gasteiger charge is -2.07. The normalized spacial score (nSPS) is 10.7. The van der Waals surface area contributed by atoms with E-state index >= 15 is 0 Å². The van der Waals surface area contributed by atoms with Crippen LogP contribution in [0.1, 0.15) is 18.9 Å². The van der Waals surface area contributed by atoms with Crippen LogP contribution in [0.2, 0.25) is 0 Å². The van der Waals surface area contributed by atoms with Crippen LogP contribution in [0.3, 0.4) is 0 Å². The van der Waals surface area contributed by atoms with Crippen LogP contribution in [-0.4, -0.2) is 12.8 Å². The molecule has 0 radical (unpaired) electrons. The van der Waals surface area contributed by atoms with Gasteiger partial charge in [0.1, 0.15) is 5.75 Å². The Bertz CT molecular complexity index is 326. The maximum absolute atomic E-state index is 5.53. The fourth-order valence-electron chi connectivity index (χ4n) is 1.04. The van der Waals surface area contributed by atoms with Crippen LogP contribution < -0.4 is 10.6 Å². The molecular weight excluding hydrogens is 244 g/mol. The average molecular weight is 257 g/mol. The fraction of sp³-hybridized carbons (Fsp3) is 0.300. The molecule has 14 heavy (non-hydrogen) atoms. The summed E-state index contributed by atoms with van der Waals surface area (Å²) in [6.45, 7) is 2.77. The molecule has 0 unspecified atom stereocenters.